The van der Waals surface area contributed by atoms with Crippen LogP contribution in [0, 0.1) is 10.1 Å². The zero-order valence-corrected chi connectivity index (χ0v) is 4.61. The number of hydrogen-bond acceptors (Lipinski definition) is 3. The highest BCUT2D eigenvalue weighted by Crippen LogP contribution is 2.11. The molecular formula is C5H5NO3. The summed E-state index contributed by atoms with van der Waals surface area (Å²) >= 11 is 0. The lowest BCUT2D eigenvalue weighted by Gasteiger charge is -1.88. The molecule has 0 atom stereocenters. The number of nitrogens with zero attached hydrogens (tertiary/aromatic N) is 1. The number of nitro groups is 1. The van der Waals surface area contributed by atoms with Crippen LogP contribution in [0.1, 0.15) is 6.42 Å². The molecule has 1 rings (SSSR count). The molecule has 0 saturated heterocycles. The lowest BCUT2D eigenvalue weighted by molar-refractivity contribution is -0.405. The lowest BCUT2D eigenvalue weighted by atomic mass is 10.4. The van der Waals surface area contributed by atoms with Crippen molar-refractivity contribution in [1.82, 2.24) is 0 Å². The van der Waals surface area contributed by atoms with Crippen LogP contribution in [-0.2, 0) is 4.74 Å². The van der Waals surface area contributed by atoms with Crippen LogP contribution in [0.25, 0.3) is 0 Å². The van der Waals surface area contributed by atoms with Crippen molar-refractivity contribution >= 4 is 0 Å². The van der Waals surface area contributed by atoms with Gasteiger partial charge in [0.15, 0.2) is 5.76 Å². The molecule has 48 valence electrons. The van der Waals surface area contributed by atoms with E-state index in [9.17, 15) is 10.1 Å². The highest BCUT2D eigenvalue weighted by molar-refractivity contribution is 5.03. The van der Waals surface area contributed by atoms with Gasteiger partial charge in [-0.2, -0.15) is 0 Å². The van der Waals surface area contributed by atoms with Gasteiger partial charge in [0.1, 0.15) is 0 Å². The summed E-state index contributed by atoms with van der Waals surface area (Å²) in [5, 5.41) is 9.78. The van der Waals surface area contributed by atoms with Gasteiger partial charge in [-0.15, -0.1) is 0 Å². The van der Waals surface area contributed by atoms with Crippen molar-refractivity contribution in [1.29, 1.82) is 0 Å². The summed E-state index contributed by atoms with van der Waals surface area (Å²) in [5.41, 5.74) is 0. The first-order chi connectivity index (χ1) is 4.29. The summed E-state index contributed by atoms with van der Waals surface area (Å²) in [4.78, 5) is 9.25. The van der Waals surface area contributed by atoms with Crippen molar-refractivity contribution in [3.05, 3.63) is 34.4 Å². The van der Waals surface area contributed by atoms with E-state index >= 15 is 0 Å². The Morgan fingerprint density at radius 1 is 1.89 bits per heavy atom. The fourth-order valence-electron chi connectivity index (χ4n) is 0.549. The van der Waals surface area contributed by atoms with Gasteiger partial charge in [-0.1, -0.05) is 0 Å². The van der Waals surface area contributed by atoms with Crippen molar-refractivity contribution in [3.63, 3.8) is 0 Å². The van der Waals surface area contributed by atoms with Gasteiger partial charge in [0.2, 0.25) is 0 Å². The van der Waals surface area contributed by atoms with Crippen molar-refractivity contribution < 1.29 is 9.66 Å². The van der Waals surface area contributed by atoms with Crippen LogP contribution in [0.2, 0.25) is 0 Å². The van der Waals surface area contributed by atoms with Gasteiger partial charge >= 0.3 is 0 Å². The fraction of sp³-hybridized carbons (Fsp3) is 0.200. The minimum atomic E-state index is -0.525. The largest absolute Gasteiger partial charge is 0.463 e. The minimum Gasteiger partial charge on any atom is -0.463 e. The third-order valence-electron chi connectivity index (χ3n) is 0.884. The molecule has 0 spiro atoms. The van der Waals surface area contributed by atoms with Crippen molar-refractivity contribution in [2.24, 2.45) is 0 Å². The molecule has 0 aromatic rings. The Kier molecular flexibility index (Phi) is 1.48. The summed E-state index contributed by atoms with van der Waals surface area (Å²) < 4.78 is 4.70. The van der Waals surface area contributed by atoms with Crippen LogP contribution in [0.3, 0.4) is 0 Å². The third kappa shape index (κ3) is 1.56. The number of allylic oxidation sites excluding steroid dienone is 1. The minimum absolute atomic E-state index is 0.389. The molecule has 0 bridgehead atoms. The Balaban J connectivity index is 2.53. The topological polar surface area (TPSA) is 52.4 Å². The molecule has 9 heavy (non-hydrogen) atoms. The zero-order valence-electron chi connectivity index (χ0n) is 4.61. The molecule has 1 heterocycles. The Morgan fingerprint density at radius 3 is 3.11 bits per heavy atom. The zero-order chi connectivity index (χ0) is 6.69. The average Bonchev–Trinajstić information content (AvgIpc) is 2.15. The molecule has 4 nitrogen and oxygen atoms in total. The first-order valence-corrected chi connectivity index (χ1v) is 2.45. The second-order valence-corrected chi connectivity index (χ2v) is 1.57. The van der Waals surface area contributed by atoms with Gasteiger partial charge in [-0.05, 0) is 6.08 Å². The molecular weight excluding hydrogens is 122 g/mol. The van der Waals surface area contributed by atoms with E-state index in [1.54, 1.807) is 6.08 Å². The lowest BCUT2D eigenvalue weighted by Crippen LogP contribution is -1.87. The SMILES string of the molecule is O=[N+]([O-])C=C1CC=CO1. The molecule has 0 amide bonds. The summed E-state index contributed by atoms with van der Waals surface area (Å²) in [5.74, 6) is 0.389. The van der Waals surface area contributed by atoms with Crippen LogP contribution in [0.4, 0.5) is 0 Å². The van der Waals surface area contributed by atoms with Crippen LogP contribution < -0.4 is 0 Å². The maximum Gasteiger partial charge on any atom is 0.272 e. The molecule has 1 aliphatic heterocycles. The monoisotopic (exact) mass is 127 g/mol. The Morgan fingerprint density at radius 2 is 2.67 bits per heavy atom. The van der Waals surface area contributed by atoms with Crippen LogP contribution in [0.5, 0.6) is 0 Å². The number of rotatable bonds is 1. The average molecular weight is 127 g/mol. The van der Waals surface area contributed by atoms with E-state index in [4.69, 9.17) is 4.74 Å². The molecule has 0 saturated carbocycles. The third-order valence-corrected chi connectivity index (χ3v) is 0.884. The van der Waals surface area contributed by atoms with E-state index in [1.165, 1.54) is 6.26 Å². The van der Waals surface area contributed by atoms with Crippen molar-refractivity contribution in [2.45, 2.75) is 6.42 Å². The van der Waals surface area contributed by atoms with E-state index in [2.05, 4.69) is 0 Å². The highest BCUT2D eigenvalue weighted by atomic mass is 16.6. The van der Waals surface area contributed by atoms with Crippen LogP contribution >= 0.6 is 0 Å². The molecule has 0 aromatic carbocycles. The quantitative estimate of drug-likeness (QED) is 0.390. The second-order valence-electron chi connectivity index (χ2n) is 1.57. The maximum atomic E-state index is 9.78. The highest BCUT2D eigenvalue weighted by Gasteiger charge is 2.04. The van der Waals surface area contributed by atoms with Gasteiger partial charge in [0, 0.05) is 6.42 Å². The van der Waals surface area contributed by atoms with E-state index in [0.29, 0.717) is 12.2 Å². The number of ether oxygens (including phenoxy) is 1. The van der Waals surface area contributed by atoms with E-state index in [1.807, 2.05) is 0 Å². The van der Waals surface area contributed by atoms with Gasteiger partial charge in [-0.25, -0.2) is 0 Å². The van der Waals surface area contributed by atoms with Gasteiger partial charge in [0.25, 0.3) is 6.20 Å². The molecule has 0 radical (unpaired) electrons. The van der Waals surface area contributed by atoms with Crippen LogP contribution in [0.15, 0.2) is 24.3 Å². The Hall–Kier alpha value is -1.32. The molecule has 4 heteroatoms. The Labute approximate surface area is 51.6 Å². The van der Waals surface area contributed by atoms with E-state index in [-0.39, 0.29) is 0 Å². The molecule has 0 unspecified atom stereocenters. The smallest absolute Gasteiger partial charge is 0.272 e. The first kappa shape index (κ1) is 5.81. The summed E-state index contributed by atoms with van der Waals surface area (Å²) in [6, 6.07) is 0. The van der Waals surface area contributed by atoms with E-state index in [0.717, 1.165) is 6.20 Å². The summed E-state index contributed by atoms with van der Waals surface area (Å²) in [6.07, 6.45) is 4.55. The molecule has 0 N–H and O–H groups in total. The van der Waals surface area contributed by atoms with E-state index < -0.39 is 4.92 Å². The Bertz CT molecular complexity index is 173. The predicted octanol–water partition coefficient (Wildman–Crippen LogP) is 1.04. The first-order valence-electron chi connectivity index (χ1n) is 2.45. The van der Waals surface area contributed by atoms with Crippen molar-refractivity contribution in [3.8, 4) is 0 Å². The number of hydrogen-bond donors (Lipinski definition) is 0. The second kappa shape index (κ2) is 2.30. The summed E-state index contributed by atoms with van der Waals surface area (Å²) in [6.45, 7) is 0. The van der Waals surface area contributed by atoms with Gasteiger partial charge in [-0.3, -0.25) is 10.1 Å². The van der Waals surface area contributed by atoms with Gasteiger partial charge in [0.05, 0.1) is 11.2 Å². The molecule has 1 aliphatic rings. The maximum absolute atomic E-state index is 9.78. The van der Waals surface area contributed by atoms with Crippen LogP contribution in [-0.4, -0.2) is 4.92 Å². The standard InChI is InChI=1S/C5H5NO3/c7-6(8)4-5-2-1-3-9-5/h1,3-4H,2H2. The summed E-state index contributed by atoms with van der Waals surface area (Å²) in [7, 11) is 0. The predicted molar refractivity (Wildman–Crippen MR) is 29.9 cm³/mol. The van der Waals surface area contributed by atoms with Crippen molar-refractivity contribution in [2.75, 3.05) is 0 Å². The normalized spacial score (nSPS) is 20.2. The molecule has 0 fully saturated rings. The fourth-order valence-corrected chi connectivity index (χ4v) is 0.549. The van der Waals surface area contributed by atoms with Gasteiger partial charge < -0.3 is 4.74 Å². The molecule has 0 aliphatic carbocycles. The molecule has 0 aromatic heterocycles.